The molecule has 0 radical (unpaired) electrons. The number of rotatable bonds is 4. The topological polar surface area (TPSA) is 30.5 Å². The van der Waals surface area contributed by atoms with Crippen molar-refractivity contribution in [1.82, 2.24) is 5.32 Å². The first-order chi connectivity index (χ1) is 10.3. The van der Waals surface area contributed by atoms with E-state index in [9.17, 15) is 0 Å². The second-order valence-electron chi connectivity index (χ2n) is 5.10. The van der Waals surface area contributed by atoms with Gasteiger partial charge in [-0.3, -0.25) is 0 Å². The molecule has 4 heteroatoms. The second-order valence-corrected chi connectivity index (χ2v) is 5.54. The third-order valence-corrected chi connectivity index (χ3v) is 3.93. The molecular formula is C17H18ClNO2. The molecule has 0 amide bonds. The number of fused-ring (bicyclic) bond motifs is 1. The van der Waals surface area contributed by atoms with Gasteiger partial charge in [-0.05, 0) is 35.9 Å². The summed E-state index contributed by atoms with van der Waals surface area (Å²) in [5.41, 5.74) is 2.33. The van der Waals surface area contributed by atoms with Gasteiger partial charge in [0.2, 0.25) is 0 Å². The summed E-state index contributed by atoms with van der Waals surface area (Å²) in [5.74, 6) is 1.79. The van der Waals surface area contributed by atoms with Gasteiger partial charge in [-0.2, -0.15) is 0 Å². The van der Waals surface area contributed by atoms with Crippen molar-refractivity contribution in [3.05, 3.63) is 58.6 Å². The molecular weight excluding hydrogens is 286 g/mol. The summed E-state index contributed by atoms with van der Waals surface area (Å²) in [4.78, 5) is 0. The van der Waals surface area contributed by atoms with Crippen LogP contribution in [0.5, 0.6) is 11.5 Å². The molecule has 1 atom stereocenters. The predicted molar refractivity (Wildman–Crippen MR) is 84.1 cm³/mol. The van der Waals surface area contributed by atoms with Crippen molar-refractivity contribution >= 4 is 11.6 Å². The summed E-state index contributed by atoms with van der Waals surface area (Å²) in [7, 11) is 1.68. The highest BCUT2D eigenvalue weighted by Crippen LogP contribution is 2.34. The number of nitrogens with one attached hydrogen (secondary N) is 1. The molecule has 2 aromatic carbocycles. The molecule has 0 fully saturated rings. The lowest BCUT2D eigenvalue weighted by molar-refractivity contribution is 0.251. The van der Waals surface area contributed by atoms with Crippen molar-refractivity contribution < 1.29 is 9.47 Å². The van der Waals surface area contributed by atoms with Crippen LogP contribution in [-0.4, -0.2) is 13.7 Å². The summed E-state index contributed by atoms with van der Waals surface area (Å²) >= 11 is 6.02. The van der Waals surface area contributed by atoms with E-state index in [4.69, 9.17) is 21.1 Å². The molecule has 0 saturated carbocycles. The van der Waals surface area contributed by atoms with Crippen LogP contribution in [0.3, 0.4) is 0 Å². The standard InChI is InChI=1S/C17H18ClNO2/c1-20-14-5-6-17-15(10-14)16(7-8-21-17)19-11-12-3-2-4-13(18)9-12/h2-6,9-10,16,19H,7-8,11H2,1H3. The predicted octanol–water partition coefficient (Wildman–Crippen LogP) is 3.96. The number of hydrogen-bond donors (Lipinski definition) is 1. The Bertz CT molecular complexity index is 630. The van der Waals surface area contributed by atoms with Crippen molar-refractivity contribution in [2.45, 2.75) is 19.0 Å². The molecule has 2 aromatic rings. The van der Waals surface area contributed by atoms with Crippen molar-refractivity contribution in [3.8, 4) is 11.5 Å². The van der Waals surface area contributed by atoms with E-state index in [1.807, 2.05) is 36.4 Å². The molecule has 1 aliphatic rings. The molecule has 1 N–H and O–H groups in total. The summed E-state index contributed by atoms with van der Waals surface area (Å²) in [6, 6.07) is 14.1. The van der Waals surface area contributed by atoms with Crippen LogP contribution >= 0.6 is 11.6 Å². The third-order valence-electron chi connectivity index (χ3n) is 3.70. The monoisotopic (exact) mass is 303 g/mol. The smallest absolute Gasteiger partial charge is 0.124 e. The maximum atomic E-state index is 6.02. The Kier molecular flexibility index (Phi) is 4.32. The first-order valence-corrected chi connectivity index (χ1v) is 7.42. The number of methoxy groups -OCH3 is 1. The molecule has 1 unspecified atom stereocenters. The molecule has 1 aliphatic heterocycles. The number of hydrogen-bond acceptors (Lipinski definition) is 3. The largest absolute Gasteiger partial charge is 0.497 e. The zero-order valence-electron chi connectivity index (χ0n) is 11.9. The van der Waals surface area contributed by atoms with Gasteiger partial charge in [0.25, 0.3) is 0 Å². The van der Waals surface area contributed by atoms with Gasteiger partial charge < -0.3 is 14.8 Å². The minimum absolute atomic E-state index is 0.267. The Morgan fingerprint density at radius 3 is 3.00 bits per heavy atom. The molecule has 0 spiro atoms. The van der Waals surface area contributed by atoms with Crippen molar-refractivity contribution in [2.24, 2.45) is 0 Å². The Hall–Kier alpha value is -1.71. The van der Waals surface area contributed by atoms with Gasteiger partial charge in [0.05, 0.1) is 13.7 Å². The van der Waals surface area contributed by atoms with Crippen molar-refractivity contribution in [1.29, 1.82) is 0 Å². The molecule has 110 valence electrons. The molecule has 1 heterocycles. The minimum atomic E-state index is 0.267. The maximum Gasteiger partial charge on any atom is 0.124 e. The number of ether oxygens (including phenoxy) is 2. The molecule has 0 aliphatic carbocycles. The summed E-state index contributed by atoms with van der Waals surface area (Å²) in [6.45, 7) is 1.51. The summed E-state index contributed by atoms with van der Waals surface area (Å²) in [6.07, 6.45) is 0.945. The van der Waals surface area contributed by atoms with Crippen LogP contribution in [-0.2, 0) is 6.54 Å². The Morgan fingerprint density at radius 2 is 2.19 bits per heavy atom. The molecule has 0 aromatic heterocycles. The number of benzene rings is 2. The van der Waals surface area contributed by atoms with E-state index >= 15 is 0 Å². The highest BCUT2D eigenvalue weighted by Gasteiger charge is 2.21. The Labute approximate surface area is 129 Å². The molecule has 0 saturated heterocycles. The van der Waals surface area contributed by atoms with E-state index in [0.29, 0.717) is 0 Å². The zero-order valence-corrected chi connectivity index (χ0v) is 12.7. The van der Waals surface area contributed by atoms with Gasteiger partial charge in [0.15, 0.2) is 0 Å². The molecule has 21 heavy (non-hydrogen) atoms. The Morgan fingerprint density at radius 1 is 1.29 bits per heavy atom. The van der Waals surface area contributed by atoms with Gasteiger partial charge in [0, 0.05) is 29.6 Å². The van der Waals surface area contributed by atoms with E-state index in [2.05, 4.69) is 11.4 Å². The van der Waals surface area contributed by atoms with Gasteiger partial charge in [0.1, 0.15) is 11.5 Å². The van der Waals surface area contributed by atoms with E-state index < -0.39 is 0 Å². The lowest BCUT2D eigenvalue weighted by Gasteiger charge is -2.27. The van der Waals surface area contributed by atoms with E-state index in [-0.39, 0.29) is 6.04 Å². The van der Waals surface area contributed by atoms with Gasteiger partial charge in [-0.1, -0.05) is 23.7 Å². The molecule has 3 rings (SSSR count). The average molecular weight is 304 g/mol. The van der Waals surface area contributed by atoms with Gasteiger partial charge in [-0.25, -0.2) is 0 Å². The zero-order chi connectivity index (χ0) is 14.7. The fraction of sp³-hybridized carbons (Fsp3) is 0.294. The SMILES string of the molecule is COc1ccc2c(c1)C(NCc1cccc(Cl)c1)CCO2. The van der Waals surface area contributed by atoms with Crippen LogP contribution in [0, 0.1) is 0 Å². The van der Waals surface area contributed by atoms with Crippen LogP contribution in [0.1, 0.15) is 23.6 Å². The third kappa shape index (κ3) is 3.31. The van der Waals surface area contributed by atoms with Crippen LogP contribution in [0.2, 0.25) is 5.02 Å². The van der Waals surface area contributed by atoms with Gasteiger partial charge >= 0.3 is 0 Å². The van der Waals surface area contributed by atoms with Crippen LogP contribution in [0.4, 0.5) is 0 Å². The lowest BCUT2D eigenvalue weighted by atomic mass is 10.00. The first kappa shape index (κ1) is 14.2. The van der Waals surface area contributed by atoms with E-state index in [1.165, 1.54) is 5.56 Å². The van der Waals surface area contributed by atoms with Crippen LogP contribution < -0.4 is 14.8 Å². The van der Waals surface area contributed by atoms with Crippen LogP contribution in [0.25, 0.3) is 0 Å². The fourth-order valence-corrected chi connectivity index (χ4v) is 2.81. The summed E-state index contributed by atoms with van der Waals surface area (Å²) < 4.78 is 11.0. The quantitative estimate of drug-likeness (QED) is 0.927. The van der Waals surface area contributed by atoms with Crippen molar-refractivity contribution in [2.75, 3.05) is 13.7 Å². The molecule has 3 nitrogen and oxygen atoms in total. The summed E-state index contributed by atoms with van der Waals surface area (Å²) in [5, 5.41) is 4.35. The van der Waals surface area contributed by atoms with Crippen LogP contribution in [0.15, 0.2) is 42.5 Å². The first-order valence-electron chi connectivity index (χ1n) is 7.05. The van der Waals surface area contributed by atoms with Crippen molar-refractivity contribution in [3.63, 3.8) is 0 Å². The highest BCUT2D eigenvalue weighted by atomic mass is 35.5. The minimum Gasteiger partial charge on any atom is -0.497 e. The maximum absolute atomic E-state index is 6.02. The Balaban J connectivity index is 1.75. The highest BCUT2D eigenvalue weighted by molar-refractivity contribution is 6.30. The number of halogens is 1. The fourth-order valence-electron chi connectivity index (χ4n) is 2.60. The average Bonchev–Trinajstić information content (AvgIpc) is 2.52. The van der Waals surface area contributed by atoms with Gasteiger partial charge in [-0.15, -0.1) is 0 Å². The molecule has 0 bridgehead atoms. The van der Waals surface area contributed by atoms with E-state index in [1.54, 1.807) is 7.11 Å². The van der Waals surface area contributed by atoms with E-state index in [0.717, 1.165) is 41.7 Å². The second kappa shape index (κ2) is 6.37. The normalized spacial score (nSPS) is 17.0. The lowest BCUT2D eigenvalue weighted by Crippen LogP contribution is -2.26.